The molecule has 2 aromatic heterocycles. The van der Waals surface area contributed by atoms with Gasteiger partial charge in [0.15, 0.2) is 5.15 Å². The fraction of sp³-hybridized carbons (Fsp3) is 0.250. The number of hydrogen-bond donors (Lipinski definition) is 1. The number of hydrogen-bond acceptors (Lipinski definition) is 2. The van der Waals surface area contributed by atoms with Gasteiger partial charge in [-0.1, -0.05) is 11.6 Å². The van der Waals surface area contributed by atoms with Crippen LogP contribution in [0.25, 0.3) is 11.0 Å². The highest BCUT2D eigenvalue weighted by Gasteiger charge is 2.06. The van der Waals surface area contributed by atoms with Crippen LogP contribution in [0.4, 0.5) is 0 Å². The van der Waals surface area contributed by atoms with Gasteiger partial charge in [-0.05, 0) is 19.4 Å². The highest BCUT2D eigenvalue weighted by Crippen LogP contribution is 2.21. The highest BCUT2D eigenvalue weighted by molar-refractivity contribution is 6.33. The van der Waals surface area contributed by atoms with Crippen LogP contribution in [0.5, 0.6) is 0 Å². The number of fused-ring (bicyclic) bond motifs is 1. The molecule has 0 radical (unpaired) electrons. The summed E-state index contributed by atoms with van der Waals surface area (Å²) in [5.74, 6) is 0.704. The van der Waals surface area contributed by atoms with Gasteiger partial charge in [0.05, 0.1) is 5.52 Å². The number of rotatable bonds is 0. The maximum absolute atomic E-state index is 5.89. The molecule has 0 saturated heterocycles. The second kappa shape index (κ2) is 2.45. The third kappa shape index (κ3) is 0.975. The molecule has 0 aliphatic rings. The van der Waals surface area contributed by atoms with Crippen LogP contribution in [-0.4, -0.2) is 15.0 Å². The topological polar surface area (TPSA) is 41.6 Å². The Morgan fingerprint density at radius 3 is 2.83 bits per heavy atom. The van der Waals surface area contributed by atoms with Crippen molar-refractivity contribution in [1.29, 1.82) is 0 Å². The number of aryl methyl sites for hydroxylation is 2. The fourth-order valence-corrected chi connectivity index (χ4v) is 1.47. The number of aromatic amines is 1. The average molecular weight is 182 g/mol. The van der Waals surface area contributed by atoms with Crippen LogP contribution in [0.15, 0.2) is 6.20 Å². The molecule has 3 nitrogen and oxygen atoms in total. The Morgan fingerprint density at radius 2 is 2.08 bits per heavy atom. The second-order valence-electron chi connectivity index (χ2n) is 2.76. The van der Waals surface area contributed by atoms with Crippen LogP contribution in [0.1, 0.15) is 11.4 Å². The van der Waals surface area contributed by atoms with Crippen molar-refractivity contribution >= 4 is 22.6 Å². The van der Waals surface area contributed by atoms with Crippen molar-refractivity contribution in [3.8, 4) is 0 Å². The van der Waals surface area contributed by atoms with Gasteiger partial charge in [-0.3, -0.25) is 0 Å². The summed E-state index contributed by atoms with van der Waals surface area (Å²) >= 11 is 5.89. The Bertz CT molecular complexity index is 433. The lowest BCUT2D eigenvalue weighted by atomic mass is 10.3. The van der Waals surface area contributed by atoms with E-state index in [2.05, 4.69) is 15.0 Å². The lowest BCUT2D eigenvalue weighted by molar-refractivity contribution is 1.09. The van der Waals surface area contributed by atoms with Gasteiger partial charge in [0.1, 0.15) is 11.3 Å². The number of nitrogens with zero attached hydrogens (tertiary/aromatic N) is 2. The molecular weight excluding hydrogens is 174 g/mol. The van der Waals surface area contributed by atoms with Crippen molar-refractivity contribution in [3.63, 3.8) is 0 Å². The molecule has 2 heterocycles. The summed E-state index contributed by atoms with van der Waals surface area (Å²) in [6, 6.07) is 0. The van der Waals surface area contributed by atoms with Crippen LogP contribution >= 0.6 is 11.6 Å². The predicted molar refractivity (Wildman–Crippen MR) is 48.4 cm³/mol. The van der Waals surface area contributed by atoms with E-state index in [9.17, 15) is 0 Å². The van der Waals surface area contributed by atoms with Gasteiger partial charge in [0, 0.05) is 6.20 Å². The molecule has 12 heavy (non-hydrogen) atoms. The van der Waals surface area contributed by atoms with E-state index in [4.69, 9.17) is 11.6 Å². The van der Waals surface area contributed by atoms with Crippen LogP contribution in [0, 0.1) is 13.8 Å². The van der Waals surface area contributed by atoms with E-state index in [-0.39, 0.29) is 0 Å². The van der Waals surface area contributed by atoms with Gasteiger partial charge in [-0.15, -0.1) is 0 Å². The largest absolute Gasteiger partial charge is 0.357 e. The minimum atomic E-state index is 0.491. The van der Waals surface area contributed by atoms with Crippen molar-refractivity contribution in [2.75, 3.05) is 0 Å². The summed E-state index contributed by atoms with van der Waals surface area (Å²) in [7, 11) is 0. The van der Waals surface area contributed by atoms with E-state index < -0.39 is 0 Å². The van der Waals surface area contributed by atoms with E-state index >= 15 is 0 Å². The average Bonchev–Trinajstić information content (AvgIpc) is 2.33. The Morgan fingerprint density at radius 1 is 1.33 bits per heavy atom. The number of H-pyrrole nitrogens is 1. The van der Waals surface area contributed by atoms with E-state index in [1.807, 2.05) is 20.0 Å². The number of aromatic nitrogens is 3. The zero-order valence-corrected chi connectivity index (χ0v) is 7.61. The van der Waals surface area contributed by atoms with Gasteiger partial charge in [-0.25, -0.2) is 9.97 Å². The van der Waals surface area contributed by atoms with E-state index in [1.54, 1.807) is 0 Å². The van der Waals surface area contributed by atoms with Gasteiger partial charge >= 0.3 is 0 Å². The van der Waals surface area contributed by atoms with Crippen molar-refractivity contribution in [2.45, 2.75) is 13.8 Å². The maximum Gasteiger partial charge on any atom is 0.156 e. The first-order valence-electron chi connectivity index (χ1n) is 3.66. The van der Waals surface area contributed by atoms with Crippen molar-refractivity contribution in [2.24, 2.45) is 0 Å². The Labute approximate surface area is 74.8 Å². The Kier molecular flexibility index (Phi) is 1.54. The van der Waals surface area contributed by atoms with Crippen LogP contribution in [0.2, 0.25) is 5.15 Å². The third-order valence-corrected chi connectivity index (χ3v) is 2.06. The standard InChI is InChI=1S/C8H8ClN3/c1-4-3-10-7-6(4)11-5(2)12-8(7)9/h3,10H,1-2H3. The highest BCUT2D eigenvalue weighted by atomic mass is 35.5. The second-order valence-corrected chi connectivity index (χ2v) is 3.11. The molecule has 0 amide bonds. The monoisotopic (exact) mass is 181 g/mol. The zero-order chi connectivity index (χ0) is 8.72. The number of nitrogens with one attached hydrogen (secondary N) is 1. The normalized spacial score (nSPS) is 10.9. The van der Waals surface area contributed by atoms with Gasteiger partial charge in [0.2, 0.25) is 0 Å². The quantitative estimate of drug-likeness (QED) is 0.634. The molecule has 1 N–H and O–H groups in total. The summed E-state index contributed by atoms with van der Waals surface area (Å²) in [5.41, 5.74) is 2.82. The third-order valence-electron chi connectivity index (χ3n) is 1.78. The molecule has 0 atom stereocenters. The van der Waals surface area contributed by atoms with Gasteiger partial charge in [0.25, 0.3) is 0 Å². The molecule has 0 fully saturated rings. The fourth-order valence-electron chi connectivity index (χ4n) is 1.20. The first kappa shape index (κ1) is 7.55. The smallest absolute Gasteiger partial charge is 0.156 e. The summed E-state index contributed by atoms with van der Waals surface area (Å²) < 4.78 is 0. The maximum atomic E-state index is 5.89. The molecule has 0 bridgehead atoms. The molecule has 0 saturated carbocycles. The molecule has 0 spiro atoms. The van der Waals surface area contributed by atoms with Crippen LogP contribution in [0.3, 0.4) is 0 Å². The summed E-state index contributed by atoms with van der Waals surface area (Å²) in [6.07, 6.45) is 1.88. The van der Waals surface area contributed by atoms with Gasteiger partial charge < -0.3 is 4.98 Å². The number of halogens is 1. The molecule has 2 rings (SSSR count). The minimum absolute atomic E-state index is 0.491. The lowest BCUT2D eigenvalue weighted by Gasteiger charge is -1.95. The Hall–Kier alpha value is -1.09. The van der Waals surface area contributed by atoms with Gasteiger partial charge in [-0.2, -0.15) is 0 Å². The Balaban J connectivity index is 2.92. The first-order chi connectivity index (χ1) is 5.68. The molecule has 4 heteroatoms. The van der Waals surface area contributed by atoms with E-state index in [0.29, 0.717) is 11.0 Å². The molecule has 62 valence electrons. The molecule has 0 aromatic carbocycles. The summed E-state index contributed by atoms with van der Waals surface area (Å²) in [4.78, 5) is 11.3. The molecule has 0 aliphatic heterocycles. The van der Waals surface area contributed by atoms with Crippen molar-refractivity contribution in [1.82, 2.24) is 15.0 Å². The lowest BCUT2D eigenvalue weighted by Crippen LogP contribution is -1.88. The zero-order valence-electron chi connectivity index (χ0n) is 6.85. The molecule has 0 unspecified atom stereocenters. The van der Waals surface area contributed by atoms with Crippen molar-refractivity contribution in [3.05, 3.63) is 22.7 Å². The molecule has 2 aromatic rings. The minimum Gasteiger partial charge on any atom is -0.357 e. The van der Waals surface area contributed by atoms with Crippen LogP contribution in [-0.2, 0) is 0 Å². The van der Waals surface area contributed by atoms with E-state index in [0.717, 1.165) is 16.6 Å². The molecule has 0 aliphatic carbocycles. The predicted octanol–water partition coefficient (Wildman–Crippen LogP) is 2.23. The first-order valence-corrected chi connectivity index (χ1v) is 4.04. The van der Waals surface area contributed by atoms with E-state index in [1.165, 1.54) is 0 Å². The SMILES string of the molecule is Cc1nc(Cl)c2[nH]cc(C)c2n1. The summed E-state index contributed by atoms with van der Waals surface area (Å²) in [5, 5.41) is 0.491. The molecular formula is C8H8ClN3. The summed E-state index contributed by atoms with van der Waals surface area (Å²) in [6.45, 7) is 3.82. The van der Waals surface area contributed by atoms with Crippen molar-refractivity contribution < 1.29 is 0 Å². The van der Waals surface area contributed by atoms with Crippen LogP contribution < -0.4 is 0 Å².